The maximum Gasteiger partial charge on any atom is 0.241 e. The van der Waals surface area contributed by atoms with Crippen LogP contribution in [0.5, 0.6) is 5.75 Å². The Hall–Kier alpha value is -1.96. The first-order chi connectivity index (χ1) is 12.3. The van der Waals surface area contributed by atoms with Gasteiger partial charge in [0.1, 0.15) is 5.75 Å². The third kappa shape index (κ3) is 3.75. The first kappa shape index (κ1) is 18.8. The average molecular weight is 376 g/mol. The van der Waals surface area contributed by atoms with Gasteiger partial charge in [-0.3, -0.25) is 4.98 Å². The molecule has 140 valence electrons. The Bertz CT molecular complexity index is 878. The summed E-state index contributed by atoms with van der Waals surface area (Å²) in [6, 6.07) is 8.33. The van der Waals surface area contributed by atoms with Crippen molar-refractivity contribution in [2.24, 2.45) is 5.92 Å². The number of nitrogens with one attached hydrogen (secondary N) is 1. The highest BCUT2D eigenvalue weighted by atomic mass is 32.2. The van der Waals surface area contributed by atoms with Crippen LogP contribution >= 0.6 is 0 Å². The van der Waals surface area contributed by atoms with Gasteiger partial charge in [0.05, 0.1) is 29.8 Å². The summed E-state index contributed by atoms with van der Waals surface area (Å²) >= 11 is 0. The molecule has 2 aromatic rings. The molecule has 1 heterocycles. The average Bonchev–Trinajstić information content (AvgIpc) is 2.59. The molecule has 1 aromatic carbocycles. The fourth-order valence-corrected chi connectivity index (χ4v) is 4.95. The molecule has 2 N–H and O–H groups in total. The molecular formula is C19H24N2O4S. The van der Waals surface area contributed by atoms with Crippen molar-refractivity contribution in [2.45, 2.75) is 43.7 Å². The number of aryl methyl sites for hydroxylation is 2. The van der Waals surface area contributed by atoms with Crippen LogP contribution in [-0.2, 0) is 10.0 Å². The molecule has 1 saturated carbocycles. The van der Waals surface area contributed by atoms with Gasteiger partial charge in [-0.15, -0.1) is 0 Å². The molecule has 1 atom stereocenters. The van der Waals surface area contributed by atoms with Crippen LogP contribution in [0.15, 0.2) is 41.4 Å². The summed E-state index contributed by atoms with van der Waals surface area (Å²) in [7, 11) is -2.19. The molecule has 0 aliphatic heterocycles. The molecule has 1 aromatic heterocycles. The van der Waals surface area contributed by atoms with Gasteiger partial charge in [0.25, 0.3) is 0 Å². The third-order valence-electron chi connectivity index (χ3n) is 4.89. The van der Waals surface area contributed by atoms with Gasteiger partial charge in [-0.1, -0.05) is 6.07 Å². The van der Waals surface area contributed by atoms with Crippen LogP contribution in [0.1, 0.15) is 35.7 Å². The maximum atomic E-state index is 13.1. The summed E-state index contributed by atoms with van der Waals surface area (Å²) in [5.74, 6) is 0.680. The summed E-state index contributed by atoms with van der Waals surface area (Å²) in [4.78, 5) is 4.56. The Morgan fingerprint density at radius 3 is 2.54 bits per heavy atom. The molecule has 3 rings (SSSR count). The number of aliphatic hydroxyl groups excluding tert-OH is 1. The molecule has 0 radical (unpaired) electrons. The topological polar surface area (TPSA) is 88.5 Å². The molecular weight excluding hydrogens is 352 g/mol. The van der Waals surface area contributed by atoms with Crippen molar-refractivity contribution in [1.29, 1.82) is 0 Å². The molecule has 1 fully saturated rings. The molecule has 1 unspecified atom stereocenters. The number of nitrogens with zero attached hydrogens (tertiary/aromatic N) is 1. The van der Waals surface area contributed by atoms with E-state index in [0.29, 0.717) is 29.8 Å². The smallest absolute Gasteiger partial charge is 0.241 e. The minimum atomic E-state index is -3.75. The number of benzene rings is 1. The quantitative estimate of drug-likeness (QED) is 0.809. The number of aliphatic hydroxyl groups is 1. The Morgan fingerprint density at radius 1 is 1.23 bits per heavy atom. The molecule has 1 aliphatic carbocycles. The van der Waals surface area contributed by atoms with Crippen LogP contribution in [0.25, 0.3) is 0 Å². The molecule has 0 amide bonds. The summed E-state index contributed by atoms with van der Waals surface area (Å²) in [5, 5.41) is 9.66. The second-order valence-electron chi connectivity index (χ2n) is 6.83. The lowest BCUT2D eigenvalue weighted by Gasteiger charge is -2.37. The van der Waals surface area contributed by atoms with Crippen molar-refractivity contribution >= 4 is 10.0 Å². The van der Waals surface area contributed by atoms with Gasteiger partial charge in [-0.25, -0.2) is 13.1 Å². The zero-order valence-electron chi connectivity index (χ0n) is 15.1. The van der Waals surface area contributed by atoms with Crippen LogP contribution in [0.4, 0.5) is 0 Å². The SMILES string of the molecule is COc1cc(C)c(S(=O)(=O)NC(c2ccccn2)C2CC(O)C2)cc1C. The Balaban J connectivity index is 1.94. The van der Waals surface area contributed by atoms with Crippen LogP contribution < -0.4 is 9.46 Å². The number of ether oxygens (including phenoxy) is 1. The molecule has 0 spiro atoms. The molecule has 0 saturated heterocycles. The highest BCUT2D eigenvalue weighted by molar-refractivity contribution is 7.89. The van der Waals surface area contributed by atoms with Crippen LogP contribution in [0, 0.1) is 19.8 Å². The van der Waals surface area contributed by atoms with Gasteiger partial charge in [-0.05, 0) is 68.0 Å². The highest BCUT2D eigenvalue weighted by Crippen LogP contribution is 2.38. The Labute approximate surface area is 154 Å². The van der Waals surface area contributed by atoms with E-state index in [0.717, 1.165) is 5.56 Å². The highest BCUT2D eigenvalue weighted by Gasteiger charge is 2.38. The lowest BCUT2D eigenvalue weighted by molar-refractivity contribution is 0.0273. The van der Waals surface area contributed by atoms with E-state index in [1.54, 1.807) is 38.4 Å². The molecule has 1 aliphatic rings. The zero-order chi connectivity index (χ0) is 18.9. The summed E-state index contributed by atoms with van der Waals surface area (Å²) in [6.45, 7) is 3.56. The number of rotatable bonds is 6. The number of sulfonamides is 1. The van der Waals surface area contributed by atoms with Gasteiger partial charge in [0.15, 0.2) is 0 Å². The van der Waals surface area contributed by atoms with E-state index >= 15 is 0 Å². The van der Waals surface area contributed by atoms with E-state index in [9.17, 15) is 13.5 Å². The van der Waals surface area contributed by atoms with Crippen molar-refractivity contribution in [3.8, 4) is 5.75 Å². The van der Waals surface area contributed by atoms with Crippen molar-refractivity contribution in [1.82, 2.24) is 9.71 Å². The third-order valence-corrected chi connectivity index (χ3v) is 6.47. The number of hydrogen-bond acceptors (Lipinski definition) is 5. The minimum Gasteiger partial charge on any atom is -0.496 e. The summed E-state index contributed by atoms with van der Waals surface area (Å²) in [6.07, 6.45) is 2.39. The number of hydrogen-bond donors (Lipinski definition) is 2. The predicted molar refractivity (Wildman–Crippen MR) is 98.5 cm³/mol. The predicted octanol–water partition coefficient (Wildman–Crippen LogP) is 2.50. The van der Waals surface area contributed by atoms with Gasteiger partial charge < -0.3 is 9.84 Å². The number of methoxy groups -OCH3 is 1. The van der Waals surface area contributed by atoms with E-state index in [4.69, 9.17) is 4.74 Å². The second-order valence-corrected chi connectivity index (χ2v) is 8.51. The Morgan fingerprint density at radius 2 is 1.96 bits per heavy atom. The first-order valence-electron chi connectivity index (χ1n) is 8.58. The van der Waals surface area contributed by atoms with Crippen LogP contribution in [-0.4, -0.2) is 31.7 Å². The van der Waals surface area contributed by atoms with E-state index in [1.165, 1.54) is 0 Å². The zero-order valence-corrected chi connectivity index (χ0v) is 16.0. The summed E-state index contributed by atoms with van der Waals surface area (Å²) in [5.41, 5.74) is 2.04. The lowest BCUT2D eigenvalue weighted by atomic mass is 9.76. The van der Waals surface area contributed by atoms with Crippen LogP contribution in [0.2, 0.25) is 0 Å². The second kappa shape index (κ2) is 7.34. The van der Waals surface area contributed by atoms with Gasteiger partial charge in [0, 0.05) is 6.20 Å². The molecule has 0 bridgehead atoms. The Kier molecular flexibility index (Phi) is 5.32. The van der Waals surface area contributed by atoms with E-state index in [2.05, 4.69) is 9.71 Å². The van der Waals surface area contributed by atoms with Crippen molar-refractivity contribution in [3.05, 3.63) is 53.3 Å². The lowest BCUT2D eigenvalue weighted by Crippen LogP contribution is -2.41. The van der Waals surface area contributed by atoms with Gasteiger partial charge >= 0.3 is 0 Å². The van der Waals surface area contributed by atoms with Crippen molar-refractivity contribution in [2.75, 3.05) is 7.11 Å². The van der Waals surface area contributed by atoms with Gasteiger partial charge in [0.2, 0.25) is 10.0 Å². The minimum absolute atomic E-state index is 0.0225. The van der Waals surface area contributed by atoms with Crippen LogP contribution in [0.3, 0.4) is 0 Å². The normalized spacial score (nSPS) is 21.1. The van der Waals surface area contributed by atoms with Gasteiger partial charge in [-0.2, -0.15) is 0 Å². The summed E-state index contributed by atoms with van der Waals surface area (Å²) < 4.78 is 34.2. The molecule has 6 nitrogen and oxygen atoms in total. The largest absolute Gasteiger partial charge is 0.496 e. The molecule has 26 heavy (non-hydrogen) atoms. The van der Waals surface area contributed by atoms with E-state index < -0.39 is 16.1 Å². The fourth-order valence-electron chi connectivity index (χ4n) is 3.36. The maximum absolute atomic E-state index is 13.1. The monoisotopic (exact) mass is 376 g/mol. The fraction of sp³-hybridized carbons (Fsp3) is 0.421. The molecule has 7 heteroatoms. The standard InChI is InChI=1S/C19H24N2O4S/c1-12-9-18(13(2)8-17(12)25-3)26(23,24)21-19(14-10-15(22)11-14)16-6-4-5-7-20-16/h4-9,14-15,19,21-22H,10-11H2,1-3H3. The first-order valence-corrected chi connectivity index (χ1v) is 10.1. The van der Waals surface area contributed by atoms with E-state index in [-0.39, 0.29) is 16.9 Å². The number of aromatic nitrogens is 1. The van der Waals surface area contributed by atoms with Crippen molar-refractivity contribution < 1.29 is 18.3 Å². The van der Waals surface area contributed by atoms with E-state index in [1.807, 2.05) is 19.1 Å². The number of pyridine rings is 1. The van der Waals surface area contributed by atoms with Crippen molar-refractivity contribution in [3.63, 3.8) is 0 Å².